The summed E-state index contributed by atoms with van der Waals surface area (Å²) in [5, 5.41) is 6.64. The number of rotatable bonds is 8. The third kappa shape index (κ3) is 6.99. The first kappa shape index (κ1) is 27.6. The van der Waals surface area contributed by atoms with Crippen LogP contribution in [0.5, 0.6) is 11.5 Å². The van der Waals surface area contributed by atoms with Crippen molar-refractivity contribution in [2.45, 2.75) is 12.5 Å². The van der Waals surface area contributed by atoms with E-state index in [4.69, 9.17) is 26.2 Å². The first-order chi connectivity index (χ1) is 20.0. The highest BCUT2D eigenvalue weighted by Crippen LogP contribution is 2.36. The van der Waals surface area contributed by atoms with Crippen LogP contribution in [-0.4, -0.2) is 29.7 Å². The van der Waals surface area contributed by atoms with E-state index in [0.717, 1.165) is 16.7 Å². The number of nitrogens with zero attached hydrogens (tertiary/aromatic N) is 2. The van der Waals surface area contributed by atoms with Crippen LogP contribution in [0.1, 0.15) is 34.7 Å². The fraction of sp³-hybridized carbons (Fsp3) is 0.0882. The first-order valence-electron chi connectivity index (χ1n) is 13.0. The lowest BCUT2D eigenvalue weighted by Gasteiger charge is -2.21. The van der Waals surface area contributed by atoms with Gasteiger partial charge in [-0.3, -0.25) is 4.79 Å². The molecule has 4 aromatic carbocycles. The van der Waals surface area contributed by atoms with Crippen molar-refractivity contribution in [2.75, 3.05) is 7.11 Å². The quantitative estimate of drug-likeness (QED) is 0.128. The van der Waals surface area contributed by atoms with E-state index in [-0.39, 0.29) is 11.9 Å². The third-order valence-corrected chi connectivity index (χ3v) is 6.76. The van der Waals surface area contributed by atoms with E-state index in [1.807, 2.05) is 84.9 Å². The van der Waals surface area contributed by atoms with Crippen molar-refractivity contribution in [3.8, 4) is 11.5 Å². The summed E-state index contributed by atoms with van der Waals surface area (Å²) in [6, 6.07) is 31.2. The second kappa shape index (κ2) is 12.9. The smallest absolute Gasteiger partial charge is 0.336 e. The fourth-order valence-electron chi connectivity index (χ4n) is 4.46. The molecule has 0 saturated heterocycles. The maximum atomic E-state index is 13.4. The van der Waals surface area contributed by atoms with Crippen LogP contribution < -0.4 is 9.47 Å². The summed E-state index contributed by atoms with van der Waals surface area (Å²) >= 11 is 6.36. The molecule has 0 aliphatic carbocycles. The SMILES string of the molecule is COc1ccc(C2CC(c3cc(Cl)ccc3OC(=O)/C=C/c3ccccc3)=NN2C(=O)/C=C/c2ccccc2)cc1. The first-order valence-corrected chi connectivity index (χ1v) is 13.4. The minimum absolute atomic E-state index is 0.281. The van der Waals surface area contributed by atoms with Gasteiger partial charge in [-0.15, -0.1) is 0 Å². The molecule has 1 unspecified atom stereocenters. The van der Waals surface area contributed by atoms with Gasteiger partial charge < -0.3 is 9.47 Å². The van der Waals surface area contributed by atoms with Crippen molar-refractivity contribution in [3.05, 3.63) is 143 Å². The zero-order valence-corrected chi connectivity index (χ0v) is 23.1. The van der Waals surface area contributed by atoms with Gasteiger partial charge in [0, 0.05) is 29.2 Å². The van der Waals surface area contributed by atoms with Gasteiger partial charge in [0.15, 0.2) is 0 Å². The highest BCUT2D eigenvalue weighted by atomic mass is 35.5. The number of hydrogen-bond acceptors (Lipinski definition) is 5. The van der Waals surface area contributed by atoms with Crippen molar-refractivity contribution in [2.24, 2.45) is 5.10 Å². The number of methoxy groups -OCH3 is 1. The molecule has 41 heavy (non-hydrogen) atoms. The summed E-state index contributed by atoms with van der Waals surface area (Å²) in [6.07, 6.45) is 6.71. The number of hydrogen-bond donors (Lipinski definition) is 0. The molecule has 0 fully saturated rings. The van der Waals surface area contributed by atoms with Gasteiger partial charge in [0.1, 0.15) is 11.5 Å². The van der Waals surface area contributed by atoms with E-state index in [2.05, 4.69) is 0 Å². The van der Waals surface area contributed by atoms with Crippen LogP contribution in [0, 0.1) is 0 Å². The molecule has 5 rings (SSSR count). The summed E-state index contributed by atoms with van der Waals surface area (Å²) in [7, 11) is 1.60. The van der Waals surface area contributed by atoms with Crippen molar-refractivity contribution >= 4 is 41.3 Å². The molecule has 7 heteroatoms. The summed E-state index contributed by atoms with van der Waals surface area (Å²) in [4.78, 5) is 26.1. The van der Waals surface area contributed by atoms with Gasteiger partial charge in [-0.2, -0.15) is 5.10 Å². The summed E-state index contributed by atoms with van der Waals surface area (Å²) in [6.45, 7) is 0. The van der Waals surface area contributed by atoms with Gasteiger partial charge in [-0.25, -0.2) is 9.80 Å². The summed E-state index contributed by atoms with van der Waals surface area (Å²) in [5.74, 6) is 0.193. The van der Waals surface area contributed by atoms with E-state index in [1.165, 1.54) is 17.2 Å². The predicted molar refractivity (Wildman–Crippen MR) is 162 cm³/mol. The standard InChI is InChI=1S/C34H27ClN2O4/c1-40-28-17-14-26(15-18-28)31-23-30(36-37(31)33(38)20-12-24-8-4-2-5-9-24)29-22-27(35)16-19-32(29)41-34(39)21-13-25-10-6-3-7-11-25/h2-22,31H,23H2,1H3/b20-12+,21-13+. The average molecular weight is 563 g/mol. The lowest BCUT2D eigenvalue weighted by atomic mass is 9.97. The topological polar surface area (TPSA) is 68.2 Å². The Morgan fingerprint density at radius 1 is 0.854 bits per heavy atom. The normalized spacial score (nSPS) is 14.8. The zero-order chi connectivity index (χ0) is 28.6. The van der Waals surface area contributed by atoms with Crippen molar-refractivity contribution < 1.29 is 19.1 Å². The summed E-state index contributed by atoms with van der Waals surface area (Å²) < 4.78 is 11.0. The molecule has 0 saturated carbocycles. The number of ether oxygens (including phenoxy) is 2. The van der Waals surface area contributed by atoms with Gasteiger partial charge in [-0.1, -0.05) is 84.4 Å². The molecular formula is C34H27ClN2O4. The molecule has 6 nitrogen and oxygen atoms in total. The minimum atomic E-state index is -0.540. The molecule has 204 valence electrons. The fourth-order valence-corrected chi connectivity index (χ4v) is 4.63. The van der Waals surface area contributed by atoms with Gasteiger partial charge in [-0.05, 0) is 59.2 Å². The number of hydrazone groups is 1. The average Bonchev–Trinajstić information content (AvgIpc) is 3.46. The van der Waals surface area contributed by atoms with Gasteiger partial charge in [0.25, 0.3) is 5.91 Å². The Morgan fingerprint density at radius 2 is 1.49 bits per heavy atom. The van der Waals surface area contributed by atoms with Crippen LogP contribution in [0.4, 0.5) is 0 Å². The number of amides is 1. The van der Waals surface area contributed by atoms with Crippen LogP contribution >= 0.6 is 11.6 Å². The molecule has 0 N–H and O–H groups in total. The molecule has 1 aliphatic heterocycles. The molecular weight excluding hydrogens is 536 g/mol. The van der Waals surface area contributed by atoms with Crippen molar-refractivity contribution in [1.82, 2.24) is 5.01 Å². The van der Waals surface area contributed by atoms with E-state index < -0.39 is 5.97 Å². The lowest BCUT2D eigenvalue weighted by Crippen LogP contribution is -2.25. The Kier molecular flexibility index (Phi) is 8.72. The van der Waals surface area contributed by atoms with Crippen LogP contribution in [0.15, 0.2) is 120 Å². The van der Waals surface area contributed by atoms with Crippen LogP contribution in [0.2, 0.25) is 5.02 Å². The Balaban J connectivity index is 1.45. The Morgan fingerprint density at radius 3 is 2.12 bits per heavy atom. The summed E-state index contributed by atoms with van der Waals surface area (Å²) in [5.41, 5.74) is 3.78. The highest BCUT2D eigenvalue weighted by Gasteiger charge is 2.33. The van der Waals surface area contributed by atoms with Crippen LogP contribution in [0.3, 0.4) is 0 Å². The van der Waals surface area contributed by atoms with E-state index in [9.17, 15) is 9.59 Å². The molecule has 0 radical (unpaired) electrons. The van der Waals surface area contributed by atoms with Crippen LogP contribution in [0.25, 0.3) is 12.2 Å². The number of halogens is 1. The molecule has 1 atom stereocenters. The maximum Gasteiger partial charge on any atom is 0.336 e. The van der Waals surface area contributed by atoms with Gasteiger partial charge in [0.05, 0.1) is 18.9 Å². The Bertz CT molecular complexity index is 1610. The molecule has 1 aliphatic rings. The van der Waals surface area contributed by atoms with E-state index in [0.29, 0.717) is 34.2 Å². The minimum Gasteiger partial charge on any atom is -0.497 e. The molecule has 1 amide bonds. The number of carbonyl (C=O) groups excluding carboxylic acids is 2. The molecule has 1 heterocycles. The second-order valence-corrected chi connectivity index (χ2v) is 9.71. The van der Waals surface area contributed by atoms with Crippen molar-refractivity contribution in [1.29, 1.82) is 0 Å². The predicted octanol–water partition coefficient (Wildman–Crippen LogP) is 7.36. The number of carbonyl (C=O) groups is 2. The third-order valence-electron chi connectivity index (χ3n) is 6.53. The number of benzene rings is 4. The maximum absolute atomic E-state index is 13.4. The zero-order valence-electron chi connectivity index (χ0n) is 22.3. The lowest BCUT2D eigenvalue weighted by molar-refractivity contribution is -0.129. The van der Waals surface area contributed by atoms with Crippen LogP contribution in [-0.2, 0) is 9.59 Å². The second-order valence-electron chi connectivity index (χ2n) is 9.27. The van der Waals surface area contributed by atoms with Gasteiger partial charge in [0.2, 0.25) is 0 Å². The highest BCUT2D eigenvalue weighted by molar-refractivity contribution is 6.31. The van der Waals surface area contributed by atoms with Crippen molar-refractivity contribution in [3.63, 3.8) is 0 Å². The Hall–Kier alpha value is -4.94. The van der Waals surface area contributed by atoms with E-state index in [1.54, 1.807) is 37.5 Å². The monoisotopic (exact) mass is 562 g/mol. The van der Waals surface area contributed by atoms with E-state index >= 15 is 0 Å². The number of esters is 1. The molecule has 4 aromatic rings. The molecule has 0 spiro atoms. The molecule has 0 bridgehead atoms. The molecule has 0 aromatic heterocycles. The largest absolute Gasteiger partial charge is 0.497 e. The van der Waals surface area contributed by atoms with Gasteiger partial charge >= 0.3 is 5.97 Å². The Labute approximate surface area is 243 Å².